The number of carbonyl (C=O) groups is 1. The molecule has 0 aromatic carbocycles. The number of aliphatic hydroxyl groups is 4. The molecule has 1 saturated heterocycles. The van der Waals surface area contributed by atoms with Gasteiger partial charge in [-0.2, -0.15) is 0 Å². The minimum atomic E-state index is -1.81. The standard InChI is InChI=1S/C16H25N3O9/c1-18(17-26)6-3-5-10(20)9-4-2-7-19(8-9)28-16-13(23)11(21)12(22)14(27-16)15(24)25/h2,4,8,10-14,16,20-23H,3,5-7H2,1H3,(H,24,25)/t10?,11-,12-,13+,14-,16-/m0/s1. The molecule has 0 aromatic rings. The van der Waals surface area contributed by atoms with Gasteiger partial charge in [0.25, 0.3) is 0 Å². The highest BCUT2D eigenvalue weighted by atomic mass is 16.8. The molecular formula is C16H25N3O9. The fourth-order valence-corrected chi connectivity index (χ4v) is 2.82. The quantitative estimate of drug-likeness (QED) is 0.220. The molecule has 0 aliphatic carbocycles. The first-order valence-electron chi connectivity index (χ1n) is 8.71. The number of hydrogen-bond donors (Lipinski definition) is 5. The average Bonchev–Trinajstić information content (AvgIpc) is 2.68. The molecule has 158 valence electrons. The second-order valence-corrected chi connectivity index (χ2v) is 6.59. The van der Waals surface area contributed by atoms with Crippen LogP contribution in [0.4, 0.5) is 0 Å². The molecule has 2 aliphatic rings. The summed E-state index contributed by atoms with van der Waals surface area (Å²) in [6, 6.07) is 0. The summed E-state index contributed by atoms with van der Waals surface area (Å²) in [5, 5.41) is 54.0. The van der Waals surface area contributed by atoms with E-state index in [2.05, 4.69) is 5.29 Å². The largest absolute Gasteiger partial charge is 0.479 e. The summed E-state index contributed by atoms with van der Waals surface area (Å²) in [7, 11) is 1.53. The van der Waals surface area contributed by atoms with Crippen LogP contribution in [0.15, 0.2) is 29.2 Å². The first-order valence-corrected chi connectivity index (χ1v) is 8.71. The van der Waals surface area contributed by atoms with Gasteiger partial charge in [-0.3, -0.25) is 10.1 Å². The molecule has 1 unspecified atom stereocenters. The Morgan fingerprint density at radius 1 is 1.39 bits per heavy atom. The first kappa shape index (κ1) is 22.2. The number of aliphatic hydroxyl groups excluding tert-OH is 4. The van der Waals surface area contributed by atoms with E-state index in [0.29, 0.717) is 25.0 Å². The van der Waals surface area contributed by atoms with Crippen LogP contribution in [0.3, 0.4) is 0 Å². The lowest BCUT2D eigenvalue weighted by Gasteiger charge is -2.40. The van der Waals surface area contributed by atoms with E-state index in [9.17, 15) is 30.1 Å². The van der Waals surface area contributed by atoms with Crippen molar-refractivity contribution in [1.29, 1.82) is 0 Å². The number of ether oxygens (including phenoxy) is 1. The molecule has 0 bridgehead atoms. The van der Waals surface area contributed by atoms with Crippen LogP contribution in [0.1, 0.15) is 12.8 Å². The molecule has 2 rings (SSSR count). The molecule has 2 heterocycles. The summed E-state index contributed by atoms with van der Waals surface area (Å²) in [6.07, 6.45) is -3.70. The van der Waals surface area contributed by atoms with Crippen LogP contribution in [0.2, 0.25) is 0 Å². The van der Waals surface area contributed by atoms with Crippen LogP contribution in [-0.4, -0.2) is 98.5 Å². The van der Waals surface area contributed by atoms with Gasteiger partial charge in [0.1, 0.15) is 18.3 Å². The normalized spacial score (nSPS) is 31.2. The van der Waals surface area contributed by atoms with Crippen molar-refractivity contribution in [2.24, 2.45) is 5.29 Å². The van der Waals surface area contributed by atoms with Crippen LogP contribution < -0.4 is 0 Å². The van der Waals surface area contributed by atoms with Crippen molar-refractivity contribution in [2.75, 3.05) is 20.1 Å². The summed E-state index contributed by atoms with van der Waals surface area (Å²) in [5.41, 5.74) is 0.494. The van der Waals surface area contributed by atoms with Gasteiger partial charge in [-0.15, -0.1) is 4.91 Å². The Kier molecular flexibility index (Phi) is 7.86. The lowest BCUT2D eigenvalue weighted by molar-refractivity contribution is -0.344. The topological polar surface area (TPSA) is 173 Å². The highest BCUT2D eigenvalue weighted by Crippen LogP contribution is 2.24. The molecule has 0 aromatic heterocycles. The van der Waals surface area contributed by atoms with Crippen molar-refractivity contribution in [3.63, 3.8) is 0 Å². The van der Waals surface area contributed by atoms with Gasteiger partial charge in [-0.25, -0.2) is 9.63 Å². The summed E-state index contributed by atoms with van der Waals surface area (Å²) in [5.74, 6) is -1.51. The van der Waals surface area contributed by atoms with Crippen LogP contribution >= 0.6 is 0 Å². The smallest absolute Gasteiger partial charge is 0.335 e. The Hall–Kier alpha value is -2.09. The average molecular weight is 403 g/mol. The van der Waals surface area contributed by atoms with Crippen molar-refractivity contribution in [3.8, 4) is 0 Å². The Morgan fingerprint density at radius 3 is 2.75 bits per heavy atom. The molecule has 12 heteroatoms. The molecule has 5 N–H and O–H groups in total. The Bertz CT molecular complexity index is 614. The lowest BCUT2D eigenvalue weighted by Crippen LogP contribution is -2.61. The number of nitrogens with zero attached hydrogens (tertiary/aromatic N) is 3. The first-order chi connectivity index (χ1) is 13.2. The fraction of sp³-hybridized carbons (Fsp3) is 0.688. The molecular weight excluding hydrogens is 378 g/mol. The molecule has 28 heavy (non-hydrogen) atoms. The van der Waals surface area contributed by atoms with Gasteiger partial charge < -0.3 is 30.3 Å². The molecule has 0 saturated carbocycles. The zero-order valence-corrected chi connectivity index (χ0v) is 15.2. The van der Waals surface area contributed by atoms with Gasteiger partial charge in [0.2, 0.25) is 6.29 Å². The van der Waals surface area contributed by atoms with Crippen molar-refractivity contribution in [1.82, 2.24) is 10.1 Å². The second kappa shape index (κ2) is 9.91. The van der Waals surface area contributed by atoms with Gasteiger partial charge in [-0.05, 0) is 18.4 Å². The Balaban J connectivity index is 1.96. The monoisotopic (exact) mass is 403 g/mol. The molecule has 12 nitrogen and oxygen atoms in total. The third-order valence-electron chi connectivity index (χ3n) is 4.42. The Morgan fingerprint density at radius 2 is 2.11 bits per heavy atom. The van der Waals surface area contributed by atoms with Crippen molar-refractivity contribution >= 4 is 5.97 Å². The van der Waals surface area contributed by atoms with E-state index in [1.807, 2.05) is 0 Å². The number of rotatable bonds is 9. The van der Waals surface area contributed by atoms with Crippen molar-refractivity contribution in [2.45, 2.75) is 49.7 Å². The van der Waals surface area contributed by atoms with Gasteiger partial charge in [0.15, 0.2) is 6.10 Å². The maximum atomic E-state index is 11.1. The van der Waals surface area contributed by atoms with E-state index < -0.39 is 42.8 Å². The third kappa shape index (κ3) is 5.47. The second-order valence-electron chi connectivity index (χ2n) is 6.59. The van der Waals surface area contributed by atoms with Gasteiger partial charge in [0.05, 0.1) is 17.9 Å². The number of nitroso groups, excluding NO2 is 1. The van der Waals surface area contributed by atoms with E-state index in [1.165, 1.54) is 23.3 Å². The summed E-state index contributed by atoms with van der Waals surface area (Å²) in [6.45, 7) is 0.605. The zero-order valence-electron chi connectivity index (χ0n) is 15.2. The van der Waals surface area contributed by atoms with Crippen LogP contribution in [0.25, 0.3) is 0 Å². The van der Waals surface area contributed by atoms with Crippen molar-refractivity contribution in [3.05, 3.63) is 28.8 Å². The SMILES string of the molecule is CN(CCCC(O)C1=CN(O[C@@H]2O[C@H](C(=O)O)[C@@H](O)[C@H](O)[C@H]2O)CC=C1)N=O. The number of hydroxylamine groups is 2. The third-order valence-corrected chi connectivity index (χ3v) is 4.42. The predicted molar refractivity (Wildman–Crippen MR) is 93.0 cm³/mol. The summed E-state index contributed by atoms with van der Waals surface area (Å²) >= 11 is 0. The van der Waals surface area contributed by atoms with E-state index >= 15 is 0 Å². The summed E-state index contributed by atoms with van der Waals surface area (Å²) in [4.78, 5) is 26.9. The number of hydrogen-bond acceptors (Lipinski definition) is 10. The molecule has 6 atom stereocenters. The van der Waals surface area contributed by atoms with Gasteiger partial charge in [-0.1, -0.05) is 12.2 Å². The van der Waals surface area contributed by atoms with E-state index in [4.69, 9.17) is 14.7 Å². The van der Waals surface area contributed by atoms with Crippen LogP contribution in [0.5, 0.6) is 0 Å². The van der Waals surface area contributed by atoms with E-state index in [0.717, 1.165) is 0 Å². The highest BCUT2D eigenvalue weighted by Gasteiger charge is 2.48. The van der Waals surface area contributed by atoms with E-state index in [-0.39, 0.29) is 6.54 Å². The molecule has 2 aliphatic heterocycles. The van der Waals surface area contributed by atoms with Gasteiger partial charge >= 0.3 is 5.97 Å². The lowest BCUT2D eigenvalue weighted by atomic mass is 9.99. The van der Waals surface area contributed by atoms with Gasteiger partial charge in [0, 0.05) is 19.8 Å². The van der Waals surface area contributed by atoms with Crippen LogP contribution in [0, 0.1) is 4.91 Å². The molecule has 0 spiro atoms. The van der Waals surface area contributed by atoms with Crippen LogP contribution in [-0.2, 0) is 14.4 Å². The zero-order chi connectivity index (χ0) is 20.8. The predicted octanol–water partition coefficient (Wildman–Crippen LogP) is -1.68. The number of aliphatic carboxylic acids is 1. The fourth-order valence-electron chi connectivity index (χ4n) is 2.82. The minimum Gasteiger partial charge on any atom is -0.479 e. The maximum absolute atomic E-state index is 11.1. The molecule has 0 amide bonds. The summed E-state index contributed by atoms with van der Waals surface area (Å²) < 4.78 is 5.06. The Labute approximate surface area is 160 Å². The number of carboxylic acids is 1. The maximum Gasteiger partial charge on any atom is 0.335 e. The highest BCUT2D eigenvalue weighted by molar-refractivity contribution is 5.73. The number of carboxylic acid groups (broad SMARTS) is 1. The van der Waals surface area contributed by atoms with E-state index in [1.54, 1.807) is 12.2 Å². The van der Waals surface area contributed by atoms with Crippen molar-refractivity contribution < 1.29 is 39.9 Å². The molecule has 0 radical (unpaired) electrons. The minimum absolute atomic E-state index is 0.219. The molecule has 1 fully saturated rings.